The minimum absolute atomic E-state index is 0.0917. The summed E-state index contributed by atoms with van der Waals surface area (Å²) in [5.74, 6) is -0.252. The Labute approximate surface area is 139 Å². The first kappa shape index (κ1) is 19.5. The summed E-state index contributed by atoms with van der Waals surface area (Å²) in [4.78, 5) is 11.6. The smallest absolute Gasteiger partial charge is 0.235 e. The highest BCUT2D eigenvalue weighted by Crippen LogP contribution is 2.24. The molecule has 0 atom stereocenters. The number of amides is 1. The van der Waals surface area contributed by atoms with Gasteiger partial charge >= 0.3 is 0 Å². The third kappa shape index (κ3) is 6.60. The number of rotatable bonds is 7. The van der Waals surface area contributed by atoms with E-state index in [1.165, 1.54) is 5.56 Å². The molecule has 0 saturated heterocycles. The summed E-state index contributed by atoms with van der Waals surface area (Å²) in [6.45, 7) is 10.1. The van der Waals surface area contributed by atoms with Crippen molar-refractivity contribution >= 4 is 15.7 Å². The van der Waals surface area contributed by atoms with Crippen LogP contribution in [0.1, 0.15) is 40.2 Å². The monoisotopic (exact) mass is 341 g/mol. The molecule has 0 aromatic heterocycles. The number of benzene rings is 1. The van der Waals surface area contributed by atoms with Crippen molar-refractivity contribution in [3.8, 4) is 5.75 Å². The van der Waals surface area contributed by atoms with Crippen LogP contribution in [-0.4, -0.2) is 38.5 Å². The highest BCUT2D eigenvalue weighted by atomic mass is 32.2. The highest BCUT2D eigenvalue weighted by molar-refractivity contribution is 7.92. The molecule has 23 heavy (non-hydrogen) atoms. The van der Waals surface area contributed by atoms with E-state index in [2.05, 4.69) is 26.1 Å². The van der Waals surface area contributed by atoms with Gasteiger partial charge in [0.15, 0.2) is 9.84 Å². The lowest BCUT2D eigenvalue weighted by atomic mass is 9.87. The van der Waals surface area contributed by atoms with Gasteiger partial charge in [-0.3, -0.25) is 4.79 Å². The summed E-state index contributed by atoms with van der Waals surface area (Å²) < 4.78 is 28.8. The van der Waals surface area contributed by atoms with Gasteiger partial charge in [-0.1, -0.05) is 32.9 Å². The predicted molar refractivity (Wildman–Crippen MR) is 92.6 cm³/mol. The Morgan fingerprint density at radius 2 is 1.74 bits per heavy atom. The van der Waals surface area contributed by atoms with Crippen LogP contribution in [0.25, 0.3) is 0 Å². The van der Waals surface area contributed by atoms with Crippen molar-refractivity contribution < 1.29 is 17.9 Å². The van der Waals surface area contributed by atoms with Crippen LogP contribution in [0.4, 0.5) is 0 Å². The van der Waals surface area contributed by atoms with Crippen LogP contribution in [0, 0.1) is 0 Å². The maximum Gasteiger partial charge on any atom is 0.235 e. The molecule has 0 bridgehead atoms. The SMILES string of the molecule is CC(C)S(=O)(=O)CC(=O)NCCOc1ccc(C(C)(C)C)cc1. The van der Waals surface area contributed by atoms with Crippen LogP contribution in [0.15, 0.2) is 24.3 Å². The van der Waals surface area contributed by atoms with Gasteiger partial charge in [0, 0.05) is 0 Å². The molecule has 0 unspecified atom stereocenters. The second-order valence-corrected chi connectivity index (χ2v) is 9.39. The summed E-state index contributed by atoms with van der Waals surface area (Å²) in [6.07, 6.45) is 0. The number of ether oxygens (including phenoxy) is 1. The van der Waals surface area contributed by atoms with E-state index in [4.69, 9.17) is 4.74 Å². The van der Waals surface area contributed by atoms with E-state index >= 15 is 0 Å². The number of nitrogens with one attached hydrogen (secondary N) is 1. The summed E-state index contributed by atoms with van der Waals surface area (Å²) in [5.41, 5.74) is 1.31. The topological polar surface area (TPSA) is 72.5 Å². The average Bonchev–Trinajstić information content (AvgIpc) is 2.42. The second kappa shape index (κ2) is 7.81. The Morgan fingerprint density at radius 3 is 2.22 bits per heavy atom. The molecule has 0 saturated carbocycles. The molecule has 0 radical (unpaired) electrons. The Hall–Kier alpha value is -1.56. The summed E-state index contributed by atoms with van der Waals surface area (Å²) in [7, 11) is -3.36. The van der Waals surface area contributed by atoms with Gasteiger partial charge in [0.1, 0.15) is 18.1 Å². The van der Waals surface area contributed by atoms with Crippen LogP contribution >= 0.6 is 0 Å². The fourth-order valence-electron chi connectivity index (χ4n) is 1.81. The maximum atomic E-state index is 11.6. The third-order valence-electron chi connectivity index (χ3n) is 3.46. The molecule has 0 spiro atoms. The first-order valence-electron chi connectivity index (χ1n) is 7.74. The fraction of sp³-hybridized carbons (Fsp3) is 0.588. The maximum absolute atomic E-state index is 11.6. The molecule has 130 valence electrons. The van der Waals surface area contributed by atoms with E-state index < -0.39 is 26.7 Å². The molecule has 5 nitrogen and oxygen atoms in total. The molecule has 0 heterocycles. The zero-order valence-electron chi connectivity index (χ0n) is 14.5. The van der Waals surface area contributed by atoms with Gasteiger partial charge in [-0.05, 0) is 37.0 Å². The van der Waals surface area contributed by atoms with Crippen molar-refractivity contribution in [3.05, 3.63) is 29.8 Å². The van der Waals surface area contributed by atoms with Crippen molar-refractivity contribution in [2.24, 2.45) is 0 Å². The third-order valence-corrected chi connectivity index (χ3v) is 5.56. The van der Waals surface area contributed by atoms with Crippen molar-refractivity contribution in [3.63, 3.8) is 0 Å². The van der Waals surface area contributed by atoms with Crippen LogP contribution in [0.5, 0.6) is 5.75 Å². The molecule has 1 aromatic rings. The van der Waals surface area contributed by atoms with Gasteiger partial charge in [0.25, 0.3) is 0 Å². The lowest BCUT2D eigenvalue weighted by Gasteiger charge is -2.19. The lowest BCUT2D eigenvalue weighted by molar-refractivity contribution is -0.118. The molecule has 0 fully saturated rings. The van der Waals surface area contributed by atoms with E-state index in [-0.39, 0.29) is 12.0 Å². The number of carbonyl (C=O) groups excluding carboxylic acids is 1. The Bertz CT molecular complexity index is 613. The molecule has 0 aliphatic heterocycles. The van der Waals surface area contributed by atoms with E-state index in [1.807, 2.05) is 24.3 Å². The second-order valence-electron chi connectivity index (χ2n) is 6.83. The summed E-state index contributed by atoms with van der Waals surface area (Å²) >= 11 is 0. The number of sulfone groups is 1. The van der Waals surface area contributed by atoms with E-state index in [1.54, 1.807) is 13.8 Å². The van der Waals surface area contributed by atoms with Gasteiger partial charge in [0.05, 0.1) is 11.8 Å². The van der Waals surface area contributed by atoms with Gasteiger partial charge in [0.2, 0.25) is 5.91 Å². The number of hydrogen-bond donors (Lipinski definition) is 1. The Morgan fingerprint density at radius 1 is 1.17 bits per heavy atom. The van der Waals surface area contributed by atoms with Crippen LogP contribution in [0.2, 0.25) is 0 Å². The lowest BCUT2D eigenvalue weighted by Crippen LogP contribution is -2.35. The summed E-state index contributed by atoms with van der Waals surface area (Å²) in [5, 5.41) is 2.01. The first-order valence-corrected chi connectivity index (χ1v) is 9.45. The molecule has 1 amide bonds. The van der Waals surface area contributed by atoms with Gasteiger partial charge in [-0.2, -0.15) is 0 Å². The largest absolute Gasteiger partial charge is 0.492 e. The summed E-state index contributed by atoms with van der Waals surface area (Å²) in [6, 6.07) is 7.82. The van der Waals surface area contributed by atoms with Crippen molar-refractivity contribution in [2.75, 3.05) is 18.9 Å². The average molecular weight is 341 g/mol. The minimum Gasteiger partial charge on any atom is -0.492 e. The van der Waals surface area contributed by atoms with E-state index in [0.29, 0.717) is 6.61 Å². The zero-order valence-corrected chi connectivity index (χ0v) is 15.4. The van der Waals surface area contributed by atoms with E-state index in [0.717, 1.165) is 5.75 Å². The van der Waals surface area contributed by atoms with Crippen molar-refractivity contribution in [1.29, 1.82) is 0 Å². The number of hydrogen-bond acceptors (Lipinski definition) is 4. The quantitative estimate of drug-likeness (QED) is 0.773. The first-order chi connectivity index (χ1) is 10.5. The van der Waals surface area contributed by atoms with Crippen molar-refractivity contribution in [1.82, 2.24) is 5.32 Å². The normalized spacial score (nSPS) is 12.3. The minimum atomic E-state index is -3.36. The van der Waals surface area contributed by atoms with Gasteiger partial charge in [-0.25, -0.2) is 8.42 Å². The highest BCUT2D eigenvalue weighted by Gasteiger charge is 2.20. The Balaban J connectivity index is 2.37. The fourth-order valence-corrected chi connectivity index (χ4v) is 2.61. The van der Waals surface area contributed by atoms with Gasteiger partial charge < -0.3 is 10.1 Å². The molecular weight excluding hydrogens is 314 g/mol. The standard InChI is InChI=1S/C17H27NO4S/c1-13(2)23(20,21)12-16(19)18-10-11-22-15-8-6-14(7-9-15)17(3,4)5/h6-9,13H,10-12H2,1-5H3,(H,18,19). The molecule has 0 aliphatic carbocycles. The molecule has 6 heteroatoms. The molecule has 1 N–H and O–H groups in total. The van der Waals surface area contributed by atoms with Crippen LogP contribution < -0.4 is 10.1 Å². The number of carbonyl (C=O) groups is 1. The van der Waals surface area contributed by atoms with Crippen LogP contribution in [0.3, 0.4) is 0 Å². The van der Waals surface area contributed by atoms with Crippen LogP contribution in [-0.2, 0) is 20.0 Å². The molecule has 1 rings (SSSR count). The molecule has 1 aromatic carbocycles. The molecule has 0 aliphatic rings. The zero-order chi connectivity index (χ0) is 17.7. The van der Waals surface area contributed by atoms with E-state index in [9.17, 15) is 13.2 Å². The van der Waals surface area contributed by atoms with Gasteiger partial charge in [-0.15, -0.1) is 0 Å². The Kier molecular flexibility index (Phi) is 6.62. The van der Waals surface area contributed by atoms with Crippen molar-refractivity contribution in [2.45, 2.75) is 45.3 Å². The molecular formula is C17H27NO4S. The predicted octanol–water partition coefficient (Wildman–Crippen LogP) is 2.30.